The van der Waals surface area contributed by atoms with Crippen molar-refractivity contribution in [1.82, 2.24) is 4.57 Å². The summed E-state index contributed by atoms with van der Waals surface area (Å²) in [6, 6.07) is 7.33. The second kappa shape index (κ2) is 5.63. The highest BCUT2D eigenvalue weighted by Crippen LogP contribution is 2.18. The van der Waals surface area contributed by atoms with Crippen molar-refractivity contribution < 1.29 is 23.0 Å². The van der Waals surface area contributed by atoms with Crippen LogP contribution in [-0.4, -0.2) is 29.1 Å². The Hall–Kier alpha value is -1.53. The summed E-state index contributed by atoms with van der Waals surface area (Å²) in [4.78, 5) is 0. The Morgan fingerprint density at radius 1 is 1.21 bits per heavy atom. The van der Waals surface area contributed by atoms with E-state index < -0.39 is 12.8 Å². The molecule has 0 radical (unpaired) electrons. The zero-order valence-corrected chi connectivity index (χ0v) is 10.2. The minimum absolute atomic E-state index is 0.00500. The molecule has 104 valence electrons. The van der Waals surface area contributed by atoms with Crippen molar-refractivity contribution in [2.45, 2.75) is 19.3 Å². The molecule has 1 aromatic heterocycles. The molecule has 0 fully saturated rings. The van der Waals surface area contributed by atoms with Gasteiger partial charge in [0.05, 0.1) is 13.2 Å². The third-order valence-corrected chi connectivity index (χ3v) is 2.76. The molecule has 0 aliphatic heterocycles. The molecule has 0 unspecified atom stereocenters. The van der Waals surface area contributed by atoms with E-state index in [4.69, 9.17) is 5.11 Å². The fourth-order valence-electron chi connectivity index (χ4n) is 1.89. The number of aromatic nitrogens is 1. The van der Waals surface area contributed by atoms with Crippen LogP contribution in [0.5, 0.6) is 0 Å². The van der Waals surface area contributed by atoms with Gasteiger partial charge in [0.1, 0.15) is 6.61 Å². The largest absolute Gasteiger partial charge is 0.411 e. The maximum atomic E-state index is 11.9. The van der Waals surface area contributed by atoms with Gasteiger partial charge in [-0.3, -0.25) is 0 Å². The number of aliphatic hydroxyl groups excluding tert-OH is 1. The second-order valence-electron chi connectivity index (χ2n) is 4.23. The smallest absolute Gasteiger partial charge is 0.392 e. The first-order valence-electron chi connectivity index (χ1n) is 5.83. The topological polar surface area (TPSA) is 34.4 Å². The van der Waals surface area contributed by atoms with Gasteiger partial charge in [-0.1, -0.05) is 6.07 Å². The highest BCUT2D eigenvalue weighted by atomic mass is 19.4. The predicted octanol–water partition coefficient (Wildman–Crippen LogP) is 2.71. The Kier molecular flexibility index (Phi) is 4.11. The van der Waals surface area contributed by atoms with E-state index in [0.29, 0.717) is 6.54 Å². The van der Waals surface area contributed by atoms with Gasteiger partial charge >= 0.3 is 6.18 Å². The van der Waals surface area contributed by atoms with Crippen LogP contribution in [0.25, 0.3) is 10.9 Å². The number of alkyl halides is 3. The highest BCUT2D eigenvalue weighted by molar-refractivity contribution is 5.80. The number of hydrogen-bond donors (Lipinski definition) is 1. The SMILES string of the molecule is OCc1ccc2c(ccn2CCOCC(F)(F)F)c1. The number of ether oxygens (including phenoxy) is 1. The number of aliphatic hydroxyl groups is 1. The predicted molar refractivity (Wildman–Crippen MR) is 64.7 cm³/mol. The average Bonchev–Trinajstić information content (AvgIpc) is 2.75. The average molecular weight is 273 g/mol. The van der Waals surface area contributed by atoms with Gasteiger partial charge in [-0.05, 0) is 29.1 Å². The van der Waals surface area contributed by atoms with Crippen LogP contribution < -0.4 is 0 Å². The molecule has 3 nitrogen and oxygen atoms in total. The first-order valence-corrected chi connectivity index (χ1v) is 5.83. The van der Waals surface area contributed by atoms with Crippen molar-refractivity contribution in [3.8, 4) is 0 Å². The summed E-state index contributed by atoms with van der Waals surface area (Å²) in [7, 11) is 0. The van der Waals surface area contributed by atoms with E-state index in [0.717, 1.165) is 16.5 Å². The van der Waals surface area contributed by atoms with Crippen molar-refractivity contribution >= 4 is 10.9 Å². The number of rotatable bonds is 5. The fourth-order valence-corrected chi connectivity index (χ4v) is 1.89. The maximum absolute atomic E-state index is 11.9. The number of nitrogens with zero attached hydrogens (tertiary/aromatic N) is 1. The Balaban J connectivity index is 1.98. The minimum atomic E-state index is -4.28. The van der Waals surface area contributed by atoms with Crippen molar-refractivity contribution in [3.63, 3.8) is 0 Å². The number of hydrogen-bond acceptors (Lipinski definition) is 2. The minimum Gasteiger partial charge on any atom is -0.392 e. The van der Waals surface area contributed by atoms with Gasteiger partial charge in [-0.2, -0.15) is 13.2 Å². The molecule has 0 spiro atoms. The van der Waals surface area contributed by atoms with E-state index >= 15 is 0 Å². The lowest BCUT2D eigenvalue weighted by atomic mass is 10.2. The van der Waals surface area contributed by atoms with E-state index in [9.17, 15) is 13.2 Å². The van der Waals surface area contributed by atoms with Crippen LogP contribution in [0.15, 0.2) is 30.5 Å². The molecular weight excluding hydrogens is 259 g/mol. The van der Waals surface area contributed by atoms with E-state index in [1.807, 2.05) is 22.8 Å². The van der Waals surface area contributed by atoms with Crippen molar-refractivity contribution in [1.29, 1.82) is 0 Å². The lowest BCUT2D eigenvalue weighted by Crippen LogP contribution is -2.18. The molecule has 0 bridgehead atoms. The normalized spacial score (nSPS) is 12.2. The molecule has 1 N–H and O–H groups in total. The molecule has 1 heterocycles. The Bertz CT molecular complexity index is 548. The third kappa shape index (κ3) is 3.71. The number of halogens is 3. The standard InChI is InChI=1S/C13H14F3NO2/c14-13(15,16)9-19-6-5-17-4-3-11-7-10(8-18)1-2-12(11)17/h1-4,7,18H,5-6,8-9H2. The molecule has 2 aromatic rings. The summed E-state index contributed by atoms with van der Waals surface area (Å²) in [6.45, 7) is -0.889. The summed E-state index contributed by atoms with van der Waals surface area (Å²) in [5.74, 6) is 0. The van der Waals surface area contributed by atoms with E-state index in [-0.39, 0.29) is 13.2 Å². The monoisotopic (exact) mass is 273 g/mol. The summed E-state index contributed by atoms with van der Waals surface area (Å²) >= 11 is 0. The first-order chi connectivity index (χ1) is 8.99. The molecular formula is C13H14F3NO2. The summed E-state index contributed by atoms with van der Waals surface area (Å²) in [5, 5.41) is 9.97. The lowest BCUT2D eigenvalue weighted by Gasteiger charge is -2.09. The van der Waals surface area contributed by atoms with E-state index in [1.165, 1.54) is 0 Å². The van der Waals surface area contributed by atoms with Crippen LogP contribution >= 0.6 is 0 Å². The van der Waals surface area contributed by atoms with Crippen molar-refractivity contribution in [2.24, 2.45) is 0 Å². The van der Waals surface area contributed by atoms with Crippen molar-refractivity contribution in [3.05, 3.63) is 36.0 Å². The molecule has 0 aliphatic carbocycles. The van der Waals surface area contributed by atoms with E-state index in [2.05, 4.69) is 4.74 Å². The zero-order valence-electron chi connectivity index (χ0n) is 10.2. The van der Waals surface area contributed by atoms with Gasteiger partial charge in [0, 0.05) is 18.3 Å². The fraction of sp³-hybridized carbons (Fsp3) is 0.385. The zero-order chi connectivity index (χ0) is 13.9. The van der Waals surface area contributed by atoms with Gasteiger partial charge in [-0.25, -0.2) is 0 Å². The molecule has 1 aromatic carbocycles. The summed E-state index contributed by atoms with van der Waals surface area (Å²) in [5.41, 5.74) is 1.71. The number of fused-ring (bicyclic) bond motifs is 1. The molecule has 0 amide bonds. The summed E-state index contributed by atoms with van der Waals surface area (Å²) < 4.78 is 42.1. The highest BCUT2D eigenvalue weighted by Gasteiger charge is 2.27. The Labute approximate surface area is 108 Å². The van der Waals surface area contributed by atoms with Crippen LogP contribution in [0.1, 0.15) is 5.56 Å². The van der Waals surface area contributed by atoms with Crippen LogP contribution in [-0.2, 0) is 17.9 Å². The molecule has 2 rings (SSSR count). The quantitative estimate of drug-likeness (QED) is 0.850. The van der Waals surface area contributed by atoms with Gasteiger partial charge in [0.2, 0.25) is 0 Å². The number of benzene rings is 1. The van der Waals surface area contributed by atoms with Gasteiger partial charge < -0.3 is 14.4 Å². The van der Waals surface area contributed by atoms with Crippen molar-refractivity contribution in [2.75, 3.05) is 13.2 Å². The third-order valence-electron chi connectivity index (χ3n) is 2.76. The Morgan fingerprint density at radius 2 is 2.00 bits per heavy atom. The van der Waals surface area contributed by atoms with Gasteiger partial charge in [-0.15, -0.1) is 0 Å². The van der Waals surface area contributed by atoms with Crippen LogP contribution in [0.3, 0.4) is 0 Å². The summed E-state index contributed by atoms with van der Waals surface area (Å²) in [6.07, 6.45) is -2.49. The first kappa shape index (κ1) is 13.9. The second-order valence-corrected chi connectivity index (χ2v) is 4.23. The molecule has 0 saturated heterocycles. The maximum Gasteiger partial charge on any atom is 0.411 e. The molecule has 0 saturated carbocycles. The van der Waals surface area contributed by atoms with Crippen LogP contribution in [0, 0.1) is 0 Å². The molecule has 6 heteroatoms. The Morgan fingerprint density at radius 3 is 2.68 bits per heavy atom. The van der Waals surface area contributed by atoms with Gasteiger partial charge in [0.15, 0.2) is 0 Å². The lowest BCUT2D eigenvalue weighted by molar-refractivity contribution is -0.174. The molecule has 0 aliphatic rings. The van der Waals surface area contributed by atoms with Gasteiger partial charge in [0.25, 0.3) is 0 Å². The van der Waals surface area contributed by atoms with Crippen LogP contribution in [0.4, 0.5) is 13.2 Å². The molecule has 0 atom stereocenters. The van der Waals surface area contributed by atoms with Crippen LogP contribution in [0.2, 0.25) is 0 Å². The molecule has 19 heavy (non-hydrogen) atoms. The van der Waals surface area contributed by atoms with E-state index in [1.54, 1.807) is 12.3 Å².